The fraction of sp³-hybridized carbons (Fsp3) is 1.00. The Balaban J connectivity index is 2.60. The van der Waals surface area contributed by atoms with Gasteiger partial charge in [-0.15, -0.1) is 0 Å². The first kappa shape index (κ1) is 17.8. The van der Waals surface area contributed by atoms with Gasteiger partial charge in [0.25, 0.3) is 10.2 Å². The zero-order valence-corrected chi connectivity index (χ0v) is 13.4. The van der Waals surface area contributed by atoms with E-state index in [1.807, 2.05) is 0 Å². The van der Waals surface area contributed by atoms with Crippen LogP contribution in [0.1, 0.15) is 19.8 Å². The molecule has 7 nitrogen and oxygen atoms in total. The van der Waals surface area contributed by atoms with Crippen molar-refractivity contribution in [2.24, 2.45) is 0 Å². The smallest absolute Gasteiger partial charge is 0.279 e. The van der Waals surface area contributed by atoms with Crippen LogP contribution in [0.15, 0.2) is 0 Å². The Bertz CT molecular complexity index is 356. The lowest BCUT2D eigenvalue weighted by molar-refractivity contribution is 0.149. The van der Waals surface area contributed by atoms with E-state index < -0.39 is 10.2 Å². The van der Waals surface area contributed by atoms with E-state index in [1.165, 1.54) is 4.31 Å². The van der Waals surface area contributed by atoms with Crippen molar-refractivity contribution >= 4 is 10.2 Å². The second-order valence-electron chi connectivity index (χ2n) is 5.08. The molecular formula is C12H27N3O4S. The highest BCUT2D eigenvalue weighted by molar-refractivity contribution is 7.87. The SMILES string of the molecule is COCCN(CCOC)S(=O)(=O)NC1CCNC(C)C1. The number of rotatable bonds is 9. The van der Waals surface area contributed by atoms with E-state index in [0.717, 1.165) is 19.4 Å². The quantitative estimate of drug-likeness (QED) is 0.603. The molecule has 1 fully saturated rings. The van der Waals surface area contributed by atoms with Gasteiger partial charge in [0.05, 0.1) is 13.2 Å². The number of nitrogens with one attached hydrogen (secondary N) is 2. The van der Waals surface area contributed by atoms with Gasteiger partial charge in [-0.1, -0.05) is 0 Å². The molecule has 0 bridgehead atoms. The molecule has 0 radical (unpaired) electrons. The second-order valence-corrected chi connectivity index (χ2v) is 6.79. The molecule has 1 saturated heterocycles. The average molecular weight is 309 g/mol. The Morgan fingerprint density at radius 1 is 1.25 bits per heavy atom. The standard InChI is InChI=1S/C12H27N3O4S/c1-11-10-12(4-5-13-11)14-20(16,17)15(6-8-18-2)7-9-19-3/h11-14H,4-10H2,1-3H3. The highest BCUT2D eigenvalue weighted by atomic mass is 32.2. The van der Waals surface area contributed by atoms with Crippen molar-refractivity contribution in [2.75, 3.05) is 47.1 Å². The van der Waals surface area contributed by atoms with Crippen molar-refractivity contribution in [3.8, 4) is 0 Å². The molecule has 0 spiro atoms. The molecule has 1 rings (SSSR count). The van der Waals surface area contributed by atoms with Gasteiger partial charge < -0.3 is 14.8 Å². The third-order valence-corrected chi connectivity index (χ3v) is 5.04. The van der Waals surface area contributed by atoms with Crippen molar-refractivity contribution in [1.29, 1.82) is 0 Å². The molecule has 0 saturated carbocycles. The van der Waals surface area contributed by atoms with Crippen LogP contribution in [0.5, 0.6) is 0 Å². The number of piperidine rings is 1. The van der Waals surface area contributed by atoms with Crippen LogP contribution in [0.2, 0.25) is 0 Å². The molecule has 2 unspecified atom stereocenters. The van der Waals surface area contributed by atoms with Gasteiger partial charge in [0.1, 0.15) is 0 Å². The Morgan fingerprint density at radius 2 is 1.85 bits per heavy atom. The normalized spacial score (nSPS) is 24.2. The van der Waals surface area contributed by atoms with Gasteiger partial charge in [-0.3, -0.25) is 0 Å². The Labute approximate surface area is 122 Å². The van der Waals surface area contributed by atoms with Crippen molar-refractivity contribution in [1.82, 2.24) is 14.3 Å². The van der Waals surface area contributed by atoms with Crippen LogP contribution in [0.3, 0.4) is 0 Å². The third kappa shape index (κ3) is 6.02. The predicted molar refractivity (Wildman–Crippen MR) is 77.9 cm³/mol. The van der Waals surface area contributed by atoms with Gasteiger partial charge in [-0.05, 0) is 26.3 Å². The molecule has 20 heavy (non-hydrogen) atoms. The first-order valence-corrected chi connectivity index (χ1v) is 8.42. The van der Waals surface area contributed by atoms with E-state index in [1.54, 1.807) is 14.2 Å². The Hall–Kier alpha value is -0.250. The fourth-order valence-electron chi connectivity index (χ4n) is 2.26. The average Bonchev–Trinajstić information content (AvgIpc) is 2.38. The molecule has 0 aromatic carbocycles. The summed E-state index contributed by atoms with van der Waals surface area (Å²) in [5, 5.41) is 3.31. The summed E-state index contributed by atoms with van der Waals surface area (Å²) in [4.78, 5) is 0. The first-order valence-electron chi connectivity index (χ1n) is 6.98. The van der Waals surface area contributed by atoms with Crippen LogP contribution >= 0.6 is 0 Å². The van der Waals surface area contributed by atoms with Gasteiger partial charge >= 0.3 is 0 Å². The summed E-state index contributed by atoms with van der Waals surface area (Å²) in [5.41, 5.74) is 0. The summed E-state index contributed by atoms with van der Waals surface area (Å²) in [7, 11) is -0.377. The van der Waals surface area contributed by atoms with Crippen LogP contribution in [0.25, 0.3) is 0 Å². The zero-order valence-electron chi connectivity index (χ0n) is 12.6. The Kier molecular flexibility index (Phi) is 7.93. The molecule has 2 atom stereocenters. The molecule has 0 aromatic rings. The molecule has 0 aromatic heterocycles. The lowest BCUT2D eigenvalue weighted by atomic mass is 10.0. The highest BCUT2D eigenvalue weighted by Gasteiger charge is 2.27. The molecule has 120 valence electrons. The summed E-state index contributed by atoms with van der Waals surface area (Å²) in [6.07, 6.45) is 1.62. The Morgan fingerprint density at radius 3 is 2.35 bits per heavy atom. The van der Waals surface area contributed by atoms with Crippen LogP contribution < -0.4 is 10.0 Å². The van der Waals surface area contributed by atoms with Gasteiger partial charge in [0.2, 0.25) is 0 Å². The van der Waals surface area contributed by atoms with Crippen molar-refractivity contribution in [3.05, 3.63) is 0 Å². The van der Waals surface area contributed by atoms with E-state index in [-0.39, 0.29) is 6.04 Å². The highest BCUT2D eigenvalue weighted by Crippen LogP contribution is 2.11. The van der Waals surface area contributed by atoms with Gasteiger partial charge in [-0.2, -0.15) is 17.4 Å². The fourth-order valence-corrected chi connectivity index (χ4v) is 3.68. The summed E-state index contributed by atoms with van der Waals surface area (Å²) in [6, 6.07) is 0.326. The maximum atomic E-state index is 12.4. The molecule has 2 N–H and O–H groups in total. The number of nitrogens with zero attached hydrogens (tertiary/aromatic N) is 1. The lowest BCUT2D eigenvalue weighted by Gasteiger charge is -2.31. The van der Waals surface area contributed by atoms with Crippen LogP contribution in [0.4, 0.5) is 0 Å². The molecule has 1 heterocycles. The van der Waals surface area contributed by atoms with Crippen molar-refractivity contribution in [3.63, 3.8) is 0 Å². The second kappa shape index (κ2) is 8.91. The summed E-state index contributed by atoms with van der Waals surface area (Å²) < 4.78 is 38.9. The van der Waals surface area contributed by atoms with Crippen LogP contribution in [-0.2, 0) is 19.7 Å². The van der Waals surface area contributed by atoms with E-state index in [0.29, 0.717) is 32.3 Å². The van der Waals surface area contributed by atoms with Crippen molar-refractivity contribution in [2.45, 2.75) is 31.8 Å². The van der Waals surface area contributed by atoms with Gasteiger partial charge in [0.15, 0.2) is 0 Å². The third-order valence-electron chi connectivity index (χ3n) is 3.37. The zero-order chi connectivity index (χ0) is 15.0. The maximum Gasteiger partial charge on any atom is 0.279 e. The number of methoxy groups -OCH3 is 2. The minimum Gasteiger partial charge on any atom is -0.383 e. The first-order chi connectivity index (χ1) is 9.49. The van der Waals surface area contributed by atoms with E-state index in [2.05, 4.69) is 17.0 Å². The molecule has 8 heteroatoms. The predicted octanol–water partition coefficient (Wildman–Crippen LogP) is -0.444. The summed E-state index contributed by atoms with van der Waals surface area (Å²) in [5.74, 6) is 0. The van der Waals surface area contributed by atoms with Gasteiger partial charge in [0, 0.05) is 39.4 Å². The summed E-state index contributed by atoms with van der Waals surface area (Å²) >= 11 is 0. The largest absolute Gasteiger partial charge is 0.383 e. The van der Waals surface area contributed by atoms with Crippen LogP contribution in [0, 0.1) is 0 Å². The lowest BCUT2D eigenvalue weighted by Crippen LogP contribution is -2.51. The van der Waals surface area contributed by atoms with E-state index in [9.17, 15) is 8.42 Å². The molecular weight excluding hydrogens is 282 g/mol. The monoisotopic (exact) mass is 309 g/mol. The van der Waals surface area contributed by atoms with Crippen LogP contribution in [-0.4, -0.2) is 71.9 Å². The van der Waals surface area contributed by atoms with Crippen molar-refractivity contribution < 1.29 is 17.9 Å². The van der Waals surface area contributed by atoms with E-state index in [4.69, 9.17) is 9.47 Å². The molecule has 1 aliphatic rings. The minimum atomic E-state index is -3.49. The summed E-state index contributed by atoms with van der Waals surface area (Å²) in [6.45, 7) is 4.30. The van der Waals surface area contributed by atoms with E-state index >= 15 is 0 Å². The number of hydrogen-bond donors (Lipinski definition) is 2. The topological polar surface area (TPSA) is 79.9 Å². The molecule has 0 aliphatic carbocycles. The van der Waals surface area contributed by atoms with Gasteiger partial charge in [-0.25, -0.2) is 0 Å². The number of ether oxygens (including phenoxy) is 2. The maximum absolute atomic E-state index is 12.4. The number of hydrogen-bond acceptors (Lipinski definition) is 5. The molecule has 1 aliphatic heterocycles. The molecule has 0 amide bonds. The minimum absolute atomic E-state index is 0.0103.